The highest BCUT2D eigenvalue weighted by Crippen LogP contribution is 2.20. The van der Waals surface area contributed by atoms with Gasteiger partial charge in [-0.15, -0.1) is 0 Å². The van der Waals surface area contributed by atoms with Gasteiger partial charge in [0, 0.05) is 12.6 Å². The number of nitriles is 2. The lowest BCUT2D eigenvalue weighted by Gasteiger charge is -2.10. The van der Waals surface area contributed by atoms with E-state index < -0.39 is 0 Å². The third-order valence-corrected chi connectivity index (χ3v) is 1.89. The first-order valence-corrected chi connectivity index (χ1v) is 5.34. The van der Waals surface area contributed by atoms with Crippen molar-refractivity contribution in [2.45, 2.75) is 47.1 Å². The van der Waals surface area contributed by atoms with E-state index in [1.165, 1.54) is 0 Å². The maximum Gasteiger partial charge on any atom is 0.179 e. The maximum absolute atomic E-state index is 8.52. The van der Waals surface area contributed by atoms with Crippen LogP contribution in [0.2, 0.25) is 0 Å². The standard InChI is InChI=1S/C7H9N3.2C2H6/c1-6-2-7(3-8)4-10(6)5-9;2*1-2/h6-7H,2,4H2,1H3;2*1-2H3. The molecule has 0 radical (unpaired) electrons. The van der Waals surface area contributed by atoms with Crippen LogP contribution < -0.4 is 0 Å². The second-order valence-corrected chi connectivity index (χ2v) is 2.66. The Morgan fingerprint density at radius 1 is 1.14 bits per heavy atom. The van der Waals surface area contributed by atoms with Crippen LogP contribution in [-0.4, -0.2) is 17.5 Å². The Morgan fingerprint density at radius 3 is 1.86 bits per heavy atom. The lowest BCUT2D eigenvalue weighted by molar-refractivity contribution is 0.386. The molecule has 1 aliphatic heterocycles. The van der Waals surface area contributed by atoms with Crippen LogP contribution in [-0.2, 0) is 0 Å². The van der Waals surface area contributed by atoms with Gasteiger partial charge in [0.25, 0.3) is 0 Å². The molecule has 0 bridgehead atoms. The van der Waals surface area contributed by atoms with Gasteiger partial charge in [-0.2, -0.15) is 10.5 Å². The van der Waals surface area contributed by atoms with E-state index in [-0.39, 0.29) is 12.0 Å². The Hall–Kier alpha value is -1.22. The molecule has 14 heavy (non-hydrogen) atoms. The fourth-order valence-electron chi connectivity index (χ4n) is 1.26. The molecule has 1 rings (SSSR count). The highest BCUT2D eigenvalue weighted by atomic mass is 15.2. The van der Waals surface area contributed by atoms with E-state index in [9.17, 15) is 0 Å². The van der Waals surface area contributed by atoms with Crippen LogP contribution in [0.25, 0.3) is 0 Å². The minimum absolute atomic E-state index is 0.0645. The minimum Gasteiger partial charge on any atom is -0.307 e. The summed E-state index contributed by atoms with van der Waals surface area (Å²) in [5.41, 5.74) is 0. The molecule has 0 aliphatic carbocycles. The van der Waals surface area contributed by atoms with Gasteiger partial charge < -0.3 is 4.90 Å². The summed E-state index contributed by atoms with van der Waals surface area (Å²) >= 11 is 0. The molecule has 0 aromatic rings. The predicted molar refractivity (Wildman–Crippen MR) is 58.2 cm³/mol. The molecule has 0 aromatic heterocycles. The first kappa shape index (κ1) is 15.3. The summed E-state index contributed by atoms with van der Waals surface area (Å²) in [6.45, 7) is 10.6. The van der Waals surface area contributed by atoms with E-state index in [0.717, 1.165) is 6.42 Å². The second-order valence-electron chi connectivity index (χ2n) is 2.66. The van der Waals surface area contributed by atoms with Gasteiger partial charge >= 0.3 is 0 Å². The smallest absolute Gasteiger partial charge is 0.179 e. The van der Waals surface area contributed by atoms with Crippen molar-refractivity contribution in [3.8, 4) is 12.3 Å². The molecule has 0 amide bonds. The van der Waals surface area contributed by atoms with Crippen LogP contribution in [0.1, 0.15) is 41.0 Å². The molecule has 3 nitrogen and oxygen atoms in total. The van der Waals surface area contributed by atoms with Crippen LogP contribution in [0.4, 0.5) is 0 Å². The first-order chi connectivity index (χ1) is 6.77. The molecule has 1 saturated heterocycles. The number of nitrogens with zero attached hydrogens (tertiary/aromatic N) is 3. The van der Waals surface area contributed by atoms with E-state index in [1.807, 2.05) is 34.6 Å². The normalized spacial score (nSPS) is 23.2. The van der Waals surface area contributed by atoms with Crippen molar-refractivity contribution in [1.82, 2.24) is 4.90 Å². The number of likely N-dealkylation sites (tertiary alicyclic amines) is 1. The fraction of sp³-hybridized carbons (Fsp3) is 0.818. The molecule has 3 heteroatoms. The van der Waals surface area contributed by atoms with Crippen molar-refractivity contribution >= 4 is 0 Å². The van der Waals surface area contributed by atoms with Crippen molar-refractivity contribution in [2.24, 2.45) is 5.92 Å². The molecule has 2 atom stereocenters. The van der Waals surface area contributed by atoms with Crippen molar-refractivity contribution in [1.29, 1.82) is 10.5 Å². The monoisotopic (exact) mass is 195 g/mol. The molecule has 1 fully saturated rings. The van der Waals surface area contributed by atoms with Gasteiger partial charge in [0.1, 0.15) is 0 Å². The van der Waals surface area contributed by atoms with E-state index in [0.29, 0.717) is 6.54 Å². The summed E-state index contributed by atoms with van der Waals surface area (Å²) in [5, 5.41) is 17.0. The topological polar surface area (TPSA) is 50.8 Å². The summed E-state index contributed by atoms with van der Waals surface area (Å²) in [4.78, 5) is 1.66. The minimum atomic E-state index is 0.0645. The molecule has 0 N–H and O–H groups in total. The summed E-state index contributed by atoms with van der Waals surface area (Å²) in [6, 6.07) is 2.42. The van der Waals surface area contributed by atoms with Gasteiger partial charge in [-0.1, -0.05) is 27.7 Å². The molecule has 0 aromatic carbocycles. The van der Waals surface area contributed by atoms with Crippen LogP contribution in [0.5, 0.6) is 0 Å². The largest absolute Gasteiger partial charge is 0.307 e. The molecular weight excluding hydrogens is 174 g/mol. The SMILES string of the molecule is CC.CC.CC1CC(C#N)CN1C#N. The fourth-order valence-corrected chi connectivity index (χ4v) is 1.26. The summed E-state index contributed by atoms with van der Waals surface area (Å²) < 4.78 is 0. The molecule has 0 spiro atoms. The number of hydrogen-bond donors (Lipinski definition) is 0. The van der Waals surface area contributed by atoms with Gasteiger partial charge in [0.05, 0.1) is 12.0 Å². The summed E-state index contributed by atoms with van der Waals surface area (Å²) in [5.74, 6) is 0.0645. The highest BCUT2D eigenvalue weighted by molar-refractivity contribution is 4.98. The van der Waals surface area contributed by atoms with Crippen molar-refractivity contribution < 1.29 is 0 Å². The second kappa shape index (κ2) is 9.86. The molecule has 2 unspecified atom stereocenters. The molecule has 80 valence electrons. The van der Waals surface area contributed by atoms with E-state index in [1.54, 1.807) is 4.90 Å². The lowest BCUT2D eigenvalue weighted by Crippen LogP contribution is -2.20. The van der Waals surface area contributed by atoms with Crippen LogP contribution >= 0.6 is 0 Å². The van der Waals surface area contributed by atoms with Gasteiger partial charge in [0.2, 0.25) is 0 Å². The molecule has 0 saturated carbocycles. The first-order valence-electron chi connectivity index (χ1n) is 5.34. The van der Waals surface area contributed by atoms with Gasteiger partial charge in [0.15, 0.2) is 6.19 Å². The zero-order chi connectivity index (χ0) is 11.6. The quantitative estimate of drug-likeness (QED) is 0.558. The van der Waals surface area contributed by atoms with Crippen molar-refractivity contribution in [3.05, 3.63) is 0 Å². The zero-order valence-corrected chi connectivity index (χ0v) is 9.91. The van der Waals surface area contributed by atoms with Gasteiger partial charge in [-0.25, -0.2) is 0 Å². The van der Waals surface area contributed by atoms with E-state index in [4.69, 9.17) is 10.5 Å². The Kier molecular flexibility index (Phi) is 10.8. The Morgan fingerprint density at radius 2 is 1.64 bits per heavy atom. The average molecular weight is 195 g/mol. The highest BCUT2D eigenvalue weighted by Gasteiger charge is 2.27. The summed E-state index contributed by atoms with van der Waals surface area (Å²) in [6.07, 6.45) is 2.90. The Bertz CT molecular complexity index is 200. The van der Waals surface area contributed by atoms with E-state index >= 15 is 0 Å². The summed E-state index contributed by atoms with van der Waals surface area (Å²) in [7, 11) is 0. The molecule has 1 heterocycles. The van der Waals surface area contributed by atoms with Crippen molar-refractivity contribution in [2.75, 3.05) is 6.54 Å². The maximum atomic E-state index is 8.52. The number of hydrogen-bond acceptors (Lipinski definition) is 3. The average Bonchev–Trinajstić information content (AvgIpc) is 2.65. The third kappa shape index (κ3) is 4.72. The number of rotatable bonds is 0. The van der Waals surface area contributed by atoms with Crippen LogP contribution in [0, 0.1) is 28.7 Å². The zero-order valence-electron chi connectivity index (χ0n) is 9.91. The predicted octanol–water partition coefficient (Wildman–Crippen LogP) is 2.75. The van der Waals surface area contributed by atoms with Crippen LogP contribution in [0.3, 0.4) is 0 Å². The lowest BCUT2D eigenvalue weighted by atomic mass is 10.1. The Labute approximate surface area is 87.9 Å². The molecule has 1 aliphatic rings. The third-order valence-electron chi connectivity index (χ3n) is 1.89. The van der Waals surface area contributed by atoms with Gasteiger partial charge in [-0.3, -0.25) is 0 Å². The van der Waals surface area contributed by atoms with Crippen molar-refractivity contribution in [3.63, 3.8) is 0 Å². The van der Waals surface area contributed by atoms with Crippen LogP contribution in [0.15, 0.2) is 0 Å². The van der Waals surface area contributed by atoms with Gasteiger partial charge in [-0.05, 0) is 13.3 Å². The Balaban J connectivity index is 0. The van der Waals surface area contributed by atoms with E-state index in [2.05, 4.69) is 12.3 Å². The molecular formula is C11H21N3.